The summed E-state index contributed by atoms with van der Waals surface area (Å²) in [6, 6.07) is 21.1. The SMILES string of the molecule is CCOC(=O)c1ccc(-c2ccc3nc(N)nc(N(Br)c4ccccc4)c3c2)cc1OCC. The van der Waals surface area contributed by atoms with Crippen LogP contribution >= 0.6 is 16.1 Å². The van der Waals surface area contributed by atoms with Gasteiger partial charge in [-0.15, -0.1) is 0 Å². The zero-order valence-electron chi connectivity index (χ0n) is 18.3. The number of carbonyl (C=O) groups excluding carboxylic acids is 1. The maximum Gasteiger partial charge on any atom is 0.341 e. The fraction of sp³-hybridized carbons (Fsp3) is 0.160. The van der Waals surface area contributed by atoms with Crippen molar-refractivity contribution in [3.63, 3.8) is 0 Å². The van der Waals surface area contributed by atoms with Crippen LogP contribution in [0, 0.1) is 0 Å². The van der Waals surface area contributed by atoms with E-state index < -0.39 is 5.97 Å². The summed E-state index contributed by atoms with van der Waals surface area (Å²) < 4.78 is 12.7. The van der Waals surface area contributed by atoms with Crippen LogP contribution in [0.2, 0.25) is 0 Å². The number of para-hydroxylation sites is 1. The molecule has 0 fully saturated rings. The average molecular weight is 507 g/mol. The first-order valence-corrected chi connectivity index (χ1v) is 11.2. The summed E-state index contributed by atoms with van der Waals surface area (Å²) in [5.41, 5.74) is 9.81. The second kappa shape index (κ2) is 9.87. The zero-order chi connectivity index (χ0) is 23.4. The van der Waals surface area contributed by atoms with Crippen LogP contribution in [0.4, 0.5) is 17.5 Å². The Bertz CT molecular complexity index is 1300. The summed E-state index contributed by atoms with van der Waals surface area (Å²) in [4.78, 5) is 21.2. The Morgan fingerprint density at radius 2 is 1.70 bits per heavy atom. The minimum Gasteiger partial charge on any atom is -0.493 e. The Morgan fingerprint density at radius 1 is 0.970 bits per heavy atom. The van der Waals surface area contributed by atoms with Gasteiger partial charge in [-0.25, -0.2) is 9.78 Å². The van der Waals surface area contributed by atoms with Crippen molar-refractivity contribution in [1.82, 2.24) is 9.97 Å². The number of nitrogens with zero attached hydrogens (tertiary/aromatic N) is 3. The number of benzene rings is 3. The largest absolute Gasteiger partial charge is 0.493 e. The Kier molecular flexibility index (Phi) is 6.74. The van der Waals surface area contributed by atoms with Crippen molar-refractivity contribution in [2.45, 2.75) is 13.8 Å². The second-order valence-electron chi connectivity index (χ2n) is 7.12. The number of carbonyl (C=O) groups is 1. The smallest absolute Gasteiger partial charge is 0.341 e. The Balaban J connectivity index is 1.82. The van der Waals surface area contributed by atoms with Crippen LogP contribution in [0.1, 0.15) is 24.2 Å². The first-order chi connectivity index (χ1) is 16.0. The third-order valence-electron chi connectivity index (χ3n) is 4.97. The highest BCUT2D eigenvalue weighted by Gasteiger charge is 2.17. The van der Waals surface area contributed by atoms with Crippen molar-refractivity contribution in [1.29, 1.82) is 0 Å². The summed E-state index contributed by atoms with van der Waals surface area (Å²) in [6.45, 7) is 4.38. The van der Waals surface area contributed by atoms with E-state index in [1.807, 2.05) is 67.6 Å². The van der Waals surface area contributed by atoms with Crippen molar-refractivity contribution in [2.24, 2.45) is 0 Å². The number of halogens is 1. The minimum atomic E-state index is -0.407. The fourth-order valence-electron chi connectivity index (χ4n) is 3.49. The summed E-state index contributed by atoms with van der Waals surface area (Å²) in [7, 11) is 0. The molecule has 0 saturated carbocycles. The van der Waals surface area contributed by atoms with Gasteiger partial charge in [0.2, 0.25) is 5.95 Å². The lowest BCUT2D eigenvalue weighted by atomic mass is 10.0. The number of rotatable bonds is 7. The van der Waals surface area contributed by atoms with Gasteiger partial charge >= 0.3 is 5.97 Å². The zero-order valence-corrected chi connectivity index (χ0v) is 19.9. The molecule has 1 aromatic heterocycles. The van der Waals surface area contributed by atoms with E-state index in [0.29, 0.717) is 30.3 Å². The fourth-order valence-corrected chi connectivity index (χ4v) is 4.00. The van der Waals surface area contributed by atoms with E-state index in [2.05, 4.69) is 26.1 Å². The summed E-state index contributed by atoms with van der Waals surface area (Å²) in [6.07, 6.45) is 0. The van der Waals surface area contributed by atoms with E-state index in [9.17, 15) is 4.79 Å². The summed E-state index contributed by atoms with van der Waals surface area (Å²) >= 11 is 3.62. The molecule has 0 spiro atoms. The number of ether oxygens (including phenoxy) is 2. The molecule has 168 valence electrons. The highest BCUT2D eigenvalue weighted by atomic mass is 79.9. The summed E-state index contributed by atoms with van der Waals surface area (Å²) in [5.74, 6) is 0.880. The van der Waals surface area contributed by atoms with Crippen LogP contribution in [0.5, 0.6) is 5.75 Å². The van der Waals surface area contributed by atoms with E-state index in [-0.39, 0.29) is 5.95 Å². The molecule has 3 aromatic carbocycles. The van der Waals surface area contributed by atoms with Crippen LogP contribution in [0.15, 0.2) is 66.7 Å². The predicted molar refractivity (Wildman–Crippen MR) is 134 cm³/mol. The van der Waals surface area contributed by atoms with E-state index in [1.54, 1.807) is 16.9 Å². The molecule has 0 saturated heterocycles. The molecular weight excluding hydrogens is 484 g/mol. The van der Waals surface area contributed by atoms with Gasteiger partial charge in [-0.05, 0) is 61.4 Å². The number of hydrogen-bond donors (Lipinski definition) is 1. The molecule has 0 amide bonds. The third-order valence-corrected chi connectivity index (χ3v) is 5.72. The number of hydrogen-bond acceptors (Lipinski definition) is 7. The average Bonchev–Trinajstić information content (AvgIpc) is 2.83. The molecule has 0 bridgehead atoms. The van der Waals surface area contributed by atoms with Gasteiger partial charge < -0.3 is 15.2 Å². The van der Waals surface area contributed by atoms with E-state index >= 15 is 0 Å². The van der Waals surface area contributed by atoms with E-state index in [0.717, 1.165) is 27.7 Å². The van der Waals surface area contributed by atoms with Crippen molar-refractivity contribution < 1.29 is 14.3 Å². The van der Waals surface area contributed by atoms with Gasteiger partial charge in [0.25, 0.3) is 0 Å². The molecule has 8 heteroatoms. The molecular formula is C25H23BrN4O3. The molecule has 0 unspecified atom stereocenters. The Labute approximate surface area is 200 Å². The topological polar surface area (TPSA) is 90.6 Å². The van der Waals surface area contributed by atoms with Gasteiger partial charge in [0, 0.05) is 5.39 Å². The van der Waals surface area contributed by atoms with Crippen molar-refractivity contribution >= 4 is 50.5 Å². The molecule has 4 rings (SSSR count). The molecule has 0 aliphatic carbocycles. The van der Waals surface area contributed by atoms with Crippen molar-refractivity contribution in [3.8, 4) is 16.9 Å². The van der Waals surface area contributed by atoms with Crippen molar-refractivity contribution in [3.05, 3.63) is 72.3 Å². The number of anilines is 3. The number of fused-ring (bicyclic) bond motifs is 1. The predicted octanol–water partition coefficient (Wildman–Crippen LogP) is 5.90. The molecule has 0 radical (unpaired) electrons. The molecule has 33 heavy (non-hydrogen) atoms. The standard InChI is InChI=1S/C25H23BrN4O3/c1-3-32-22-15-17(10-12-19(22)24(31)33-4-2)16-11-13-21-20(14-16)23(29-25(27)28-21)30(26)18-8-6-5-7-9-18/h5-15H,3-4H2,1-2H3,(H2,27,28,29). The normalized spacial score (nSPS) is 10.8. The maximum absolute atomic E-state index is 12.3. The lowest BCUT2D eigenvalue weighted by Crippen LogP contribution is -2.08. The second-order valence-corrected chi connectivity index (χ2v) is 7.83. The van der Waals surface area contributed by atoms with E-state index in [1.165, 1.54) is 0 Å². The van der Waals surface area contributed by atoms with Gasteiger partial charge in [-0.1, -0.05) is 30.3 Å². The molecule has 2 N–H and O–H groups in total. The van der Waals surface area contributed by atoms with Gasteiger partial charge in [-0.3, -0.25) is 3.93 Å². The lowest BCUT2D eigenvalue weighted by molar-refractivity contribution is 0.0522. The molecule has 7 nitrogen and oxygen atoms in total. The van der Waals surface area contributed by atoms with Gasteiger partial charge in [0.15, 0.2) is 5.82 Å². The van der Waals surface area contributed by atoms with Gasteiger partial charge in [0.1, 0.15) is 11.3 Å². The monoisotopic (exact) mass is 506 g/mol. The summed E-state index contributed by atoms with van der Waals surface area (Å²) in [5, 5.41) is 0.815. The van der Waals surface area contributed by atoms with Gasteiger partial charge in [0.05, 0.1) is 40.6 Å². The van der Waals surface area contributed by atoms with Gasteiger partial charge in [-0.2, -0.15) is 4.98 Å². The van der Waals surface area contributed by atoms with Crippen LogP contribution in [-0.4, -0.2) is 29.2 Å². The first kappa shape index (κ1) is 22.5. The number of nitrogen functional groups attached to an aromatic ring is 1. The maximum atomic E-state index is 12.3. The van der Waals surface area contributed by atoms with Crippen LogP contribution in [0.25, 0.3) is 22.0 Å². The number of aromatic nitrogens is 2. The molecule has 0 atom stereocenters. The Hall–Kier alpha value is -3.65. The molecule has 1 heterocycles. The molecule has 4 aromatic rings. The quantitative estimate of drug-likeness (QED) is 0.246. The first-order valence-electron chi connectivity index (χ1n) is 10.5. The third kappa shape index (κ3) is 4.75. The van der Waals surface area contributed by atoms with Crippen LogP contribution in [-0.2, 0) is 4.74 Å². The minimum absolute atomic E-state index is 0.183. The highest BCUT2D eigenvalue weighted by Crippen LogP contribution is 2.36. The Morgan fingerprint density at radius 3 is 2.42 bits per heavy atom. The van der Waals surface area contributed by atoms with Crippen LogP contribution in [0.3, 0.4) is 0 Å². The molecule has 0 aliphatic heterocycles. The number of esters is 1. The molecule has 0 aliphatic rings. The lowest BCUT2D eigenvalue weighted by Gasteiger charge is -2.18. The van der Waals surface area contributed by atoms with Crippen LogP contribution < -0.4 is 14.4 Å². The van der Waals surface area contributed by atoms with Crippen molar-refractivity contribution in [2.75, 3.05) is 22.9 Å². The highest BCUT2D eigenvalue weighted by molar-refractivity contribution is 9.10. The number of nitrogens with two attached hydrogens (primary N) is 1. The van der Waals surface area contributed by atoms with E-state index in [4.69, 9.17) is 15.2 Å².